The van der Waals surface area contributed by atoms with Crippen LogP contribution in [0, 0.1) is 5.82 Å². The zero-order chi connectivity index (χ0) is 14.1. The number of hydrogen-bond acceptors (Lipinski definition) is 3. The van der Waals surface area contributed by atoms with Crippen molar-refractivity contribution in [2.45, 2.75) is 12.5 Å². The molecule has 4 heteroatoms. The number of hydrogen-bond donors (Lipinski definition) is 0. The van der Waals surface area contributed by atoms with Crippen molar-refractivity contribution in [3.63, 3.8) is 0 Å². The summed E-state index contributed by atoms with van der Waals surface area (Å²) >= 11 is 0. The molecule has 3 nitrogen and oxygen atoms in total. The molecule has 1 aliphatic heterocycles. The fourth-order valence-corrected chi connectivity index (χ4v) is 2.37. The molecule has 0 aliphatic carbocycles. The number of methoxy groups -OCH3 is 1. The third kappa shape index (κ3) is 2.13. The van der Waals surface area contributed by atoms with Crippen molar-refractivity contribution in [1.29, 1.82) is 0 Å². The maximum Gasteiger partial charge on any atom is 0.207 e. The van der Waals surface area contributed by atoms with E-state index < -0.39 is 11.9 Å². The number of ether oxygens (including phenoxy) is 2. The van der Waals surface area contributed by atoms with Crippen molar-refractivity contribution in [3.8, 4) is 11.5 Å². The van der Waals surface area contributed by atoms with E-state index in [9.17, 15) is 9.18 Å². The van der Waals surface area contributed by atoms with Crippen molar-refractivity contribution >= 4 is 5.78 Å². The highest BCUT2D eigenvalue weighted by Gasteiger charge is 2.31. The maximum absolute atomic E-state index is 13.3. The molecule has 1 aliphatic rings. The molecule has 1 atom stereocenters. The molecule has 0 N–H and O–H groups in total. The number of carbonyl (C=O) groups excluding carboxylic acids is 1. The molecule has 20 heavy (non-hydrogen) atoms. The lowest BCUT2D eigenvalue weighted by molar-refractivity contribution is 0.0821. The van der Waals surface area contributed by atoms with E-state index in [0.717, 1.165) is 5.56 Å². The molecule has 0 fully saturated rings. The monoisotopic (exact) mass is 272 g/mol. The number of para-hydroxylation sites is 1. The second-order valence-electron chi connectivity index (χ2n) is 4.63. The third-order valence-electron chi connectivity index (χ3n) is 3.37. The molecule has 0 saturated heterocycles. The summed E-state index contributed by atoms with van der Waals surface area (Å²) in [7, 11) is 1.45. The minimum absolute atomic E-state index is 0.213. The predicted octanol–water partition coefficient (Wildman–Crippen LogP) is 3.02. The lowest BCUT2D eigenvalue weighted by atomic mass is 10.0. The van der Waals surface area contributed by atoms with Gasteiger partial charge in [-0.15, -0.1) is 0 Å². The normalized spacial score (nSPS) is 16.4. The molecule has 0 radical (unpaired) electrons. The first-order valence-corrected chi connectivity index (χ1v) is 6.31. The van der Waals surface area contributed by atoms with Gasteiger partial charge in [0, 0.05) is 6.42 Å². The summed E-state index contributed by atoms with van der Waals surface area (Å²) in [6.45, 7) is 0. The SMILES string of the molecule is COc1ccc(F)cc1C(=O)C1Cc2ccccc2O1. The minimum atomic E-state index is -0.622. The fraction of sp³-hybridized carbons (Fsp3) is 0.188. The largest absolute Gasteiger partial charge is 0.496 e. The highest BCUT2D eigenvalue weighted by molar-refractivity contribution is 6.02. The van der Waals surface area contributed by atoms with Crippen molar-refractivity contribution in [2.24, 2.45) is 0 Å². The fourth-order valence-electron chi connectivity index (χ4n) is 2.37. The Morgan fingerprint density at radius 2 is 2.10 bits per heavy atom. The van der Waals surface area contributed by atoms with Crippen LogP contribution in [0.15, 0.2) is 42.5 Å². The average molecular weight is 272 g/mol. The third-order valence-corrected chi connectivity index (χ3v) is 3.37. The molecule has 2 aromatic carbocycles. The first-order chi connectivity index (χ1) is 9.69. The quantitative estimate of drug-likeness (QED) is 0.806. The number of rotatable bonds is 3. The Balaban J connectivity index is 1.90. The van der Waals surface area contributed by atoms with Gasteiger partial charge in [-0.25, -0.2) is 4.39 Å². The van der Waals surface area contributed by atoms with E-state index in [0.29, 0.717) is 17.9 Å². The van der Waals surface area contributed by atoms with Crippen LogP contribution in [-0.2, 0) is 6.42 Å². The Labute approximate surface area is 115 Å². The predicted molar refractivity (Wildman–Crippen MR) is 71.8 cm³/mol. The van der Waals surface area contributed by atoms with E-state index in [-0.39, 0.29) is 11.3 Å². The molecule has 0 aromatic heterocycles. The van der Waals surface area contributed by atoms with Crippen LogP contribution in [0.5, 0.6) is 11.5 Å². The Hall–Kier alpha value is -2.36. The van der Waals surface area contributed by atoms with Crippen LogP contribution in [0.2, 0.25) is 0 Å². The van der Waals surface area contributed by atoms with E-state index in [4.69, 9.17) is 9.47 Å². The van der Waals surface area contributed by atoms with Gasteiger partial charge < -0.3 is 9.47 Å². The second kappa shape index (κ2) is 4.96. The number of carbonyl (C=O) groups is 1. The van der Waals surface area contributed by atoms with Crippen LogP contribution in [0.25, 0.3) is 0 Å². The van der Waals surface area contributed by atoms with Crippen LogP contribution < -0.4 is 9.47 Å². The number of benzene rings is 2. The standard InChI is InChI=1S/C16H13FO3/c1-19-14-7-6-11(17)9-12(14)16(18)15-8-10-4-2-3-5-13(10)20-15/h2-7,9,15H,8H2,1H3. The zero-order valence-corrected chi connectivity index (χ0v) is 10.9. The molecule has 2 aromatic rings. The molecular weight excluding hydrogens is 259 g/mol. The number of halogens is 1. The van der Waals surface area contributed by atoms with E-state index in [1.165, 1.54) is 25.3 Å². The van der Waals surface area contributed by atoms with Gasteiger partial charge in [0.1, 0.15) is 17.3 Å². The summed E-state index contributed by atoms with van der Waals surface area (Å²) in [6, 6.07) is 11.4. The molecule has 0 amide bonds. The lowest BCUT2D eigenvalue weighted by Gasteiger charge is -2.12. The summed E-state index contributed by atoms with van der Waals surface area (Å²) in [5.74, 6) is 0.333. The Kier molecular flexibility index (Phi) is 3.14. The molecule has 3 rings (SSSR count). The minimum Gasteiger partial charge on any atom is -0.496 e. The van der Waals surface area contributed by atoms with Crippen LogP contribution >= 0.6 is 0 Å². The van der Waals surface area contributed by atoms with Crippen molar-refractivity contribution in [3.05, 3.63) is 59.4 Å². The Bertz CT molecular complexity index is 642. The molecule has 0 bridgehead atoms. The topological polar surface area (TPSA) is 35.5 Å². The van der Waals surface area contributed by atoms with Gasteiger partial charge in [0.2, 0.25) is 5.78 Å². The molecule has 1 heterocycles. The highest BCUT2D eigenvalue weighted by atomic mass is 19.1. The second-order valence-corrected chi connectivity index (χ2v) is 4.63. The highest BCUT2D eigenvalue weighted by Crippen LogP contribution is 2.31. The summed E-state index contributed by atoms with van der Waals surface area (Å²) in [5.41, 5.74) is 1.20. The van der Waals surface area contributed by atoms with Gasteiger partial charge in [0.15, 0.2) is 6.10 Å². The smallest absolute Gasteiger partial charge is 0.207 e. The molecule has 102 valence electrons. The summed E-state index contributed by atoms with van der Waals surface area (Å²) in [6.07, 6.45) is -0.127. The number of Topliss-reactive ketones (excluding diaryl/α,β-unsaturated/α-hetero) is 1. The van der Waals surface area contributed by atoms with E-state index >= 15 is 0 Å². The first-order valence-electron chi connectivity index (χ1n) is 6.31. The number of ketones is 1. The molecule has 1 unspecified atom stereocenters. The van der Waals surface area contributed by atoms with Gasteiger partial charge in [-0.3, -0.25) is 4.79 Å². The van der Waals surface area contributed by atoms with E-state index in [2.05, 4.69) is 0 Å². The van der Waals surface area contributed by atoms with Gasteiger partial charge >= 0.3 is 0 Å². The van der Waals surface area contributed by atoms with Crippen molar-refractivity contribution < 1.29 is 18.7 Å². The van der Waals surface area contributed by atoms with Gasteiger partial charge in [0.25, 0.3) is 0 Å². The zero-order valence-electron chi connectivity index (χ0n) is 10.9. The molecule has 0 saturated carbocycles. The lowest BCUT2D eigenvalue weighted by Crippen LogP contribution is -2.25. The molecule has 0 spiro atoms. The maximum atomic E-state index is 13.3. The van der Waals surface area contributed by atoms with Crippen LogP contribution in [0.3, 0.4) is 0 Å². The van der Waals surface area contributed by atoms with E-state index in [1.54, 1.807) is 0 Å². The van der Waals surface area contributed by atoms with E-state index in [1.807, 2.05) is 24.3 Å². The molecular formula is C16H13FO3. The van der Waals surface area contributed by atoms with Crippen LogP contribution in [0.1, 0.15) is 15.9 Å². The summed E-state index contributed by atoms with van der Waals surface area (Å²) in [5, 5.41) is 0. The Morgan fingerprint density at radius 3 is 2.85 bits per heavy atom. The van der Waals surface area contributed by atoms with Crippen molar-refractivity contribution in [2.75, 3.05) is 7.11 Å². The average Bonchev–Trinajstić information content (AvgIpc) is 2.90. The van der Waals surface area contributed by atoms with Crippen molar-refractivity contribution in [1.82, 2.24) is 0 Å². The number of fused-ring (bicyclic) bond motifs is 1. The first kappa shape index (κ1) is 12.7. The van der Waals surface area contributed by atoms with Crippen LogP contribution in [0.4, 0.5) is 4.39 Å². The summed E-state index contributed by atoms with van der Waals surface area (Å²) < 4.78 is 24.1. The van der Waals surface area contributed by atoms with Gasteiger partial charge in [-0.2, -0.15) is 0 Å². The Morgan fingerprint density at radius 1 is 1.30 bits per heavy atom. The van der Waals surface area contributed by atoms with Gasteiger partial charge in [-0.05, 0) is 29.8 Å². The van der Waals surface area contributed by atoms with Gasteiger partial charge in [-0.1, -0.05) is 18.2 Å². The summed E-state index contributed by atoms with van der Waals surface area (Å²) in [4.78, 5) is 12.5. The van der Waals surface area contributed by atoms with Crippen LogP contribution in [-0.4, -0.2) is 19.0 Å². The van der Waals surface area contributed by atoms with Gasteiger partial charge in [0.05, 0.1) is 12.7 Å².